The van der Waals surface area contributed by atoms with Gasteiger partial charge in [0.15, 0.2) is 0 Å². The van der Waals surface area contributed by atoms with Gasteiger partial charge in [-0.1, -0.05) is 0 Å². The van der Waals surface area contributed by atoms with Crippen LogP contribution in [0.1, 0.15) is 32.1 Å². The third-order valence-corrected chi connectivity index (χ3v) is 3.20. The summed E-state index contributed by atoms with van der Waals surface area (Å²) in [5.74, 6) is 0.674. The number of carbonyl (C=O) groups excluding carboxylic acids is 1. The van der Waals surface area contributed by atoms with Gasteiger partial charge < -0.3 is 9.84 Å². The quantitative estimate of drug-likeness (QED) is 0.674. The molecule has 0 aromatic rings. The van der Waals surface area contributed by atoms with E-state index >= 15 is 0 Å². The maximum Gasteiger partial charge on any atom is 0.417 e. The number of rotatable bonds is 1. The Morgan fingerprint density at radius 3 is 2.43 bits per heavy atom. The highest BCUT2D eigenvalue weighted by Crippen LogP contribution is 2.49. The molecule has 0 radical (unpaired) electrons. The van der Waals surface area contributed by atoms with Crippen LogP contribution in [0.3, 0.4) is 0 Å². The van der Waals surface area contributed by atoms with Gasteiger partial charge >= 0.3 is 12.2 Å². The second-order valence-electron chi connectivity index (χ2n) is 4.15. The van der Waals surface area contributed by atoms with E-state index in [1.807, 2.05) is 0 Å². The van der Waals surface area contributed by atoms with E-state index in [4.69, 9.17) is 9.84 Å². The fourth-order valence-corrected chi connectivity index (χ4v) is 2.59. The van der Waals surface area contributed by atoms with Gasteiger partial charge in [0.1, 0.15) is 5.60 Å². The van der Waals surface area contributed by atoms with E-state index in [9.17, 15) is 9.59 Å². The van der Waals surface area contributed by atoms with Crippen molar-refractivity contribution in [2.24, 2.45) is 5.92 Å². The molecule has 2 bridgehead atoms. The van der Waals surface area contributed by atoms with Crippen LogP contribution in [0.4, 0.5) is 9.59 Å². The summed E-state index contributed by atoms with van der Waals surface area (Å²) >= 11 is 0. The van der Waals surface area contributed by atoms with Crippen molar-refractivity contribution >= 4 is 12.2 Å². The zero-order valence-corrected chi connectivity index (χ0v) is 7.78. The molecule has 2 rings (SSSR count). The minimum absolute atomic E-state index is 0.357. The van der Waals surface area contributed by atoms with Crippen LogP contribution in [0.2, 0.25) is 0 Å². The van der Waals surface area contributed by atoms with Gasteiger partial charge in [-0.15, -0.1) is 0 Å². The van der Waals surface area contributed by atoms with Crippen molar-refractivity contribution in [3.05, 3.63) is 0 Å². The first kappa shape index (κ1) is 9.30. The summed E-state index contributed by atoms with van der Waals surface area (Å²) in [7, 11) is 0. The van der Waals surface area contributed by atoms with Crippen molar-refractivity contribution in [1.29, 1.82) is 0 Å². The Hall–Kier alpha value is -1.26. The highest BCUT2D eigenvalue weighted by Gasteiger charge is 2.47. The monoisotopic (exact) mass is 199 g/mol. The predicted octanol–water partition coefficient (Wildman–Crippen LogP) is 1.72. The first-order valence-corrected chi connectivity index (χ1v) is 4.83. The Bertz CT molecular complexity index is 268. The average Bonchev–Trinajstić information content (AvgIpc) is 2.60. The molecule has 78 valence electrons. The minimum Gasteiger partial charge on any atom is -0.465 e. The average molecular weight is 199 g/mol. The molecule has 5 nitrogen and oxygen atoms in total. The predicted molar refractivity (Wildman–Crippen MR) is 46.9 cm³/mol. The van der Waals surface area contributed by atoms with Gasteiger partial charge in [-0.05, 0) is 38.0 Å². The van der Waals surface area contributed by atoms with Crippen LogP contribution in [0.15, 0.2) is 0 Å². The fourth-order valence-electron chi connectivity index (χ4n) is 2.59. The van der Waals surface area contributed by atoms with Crippen LogP contribution < -0.4 is 5.32 Å². The number of fused-ring (bicyclic) bond motifs is 2. The molecule has 2 aliphatic carbocycles. The van der Waals surface area contributed by atoms with E-state index < -0.39 is 12.2 Å². The lowest BCUT2D eigenvalue weighted by atomic mass is 9.97. The molecule has 2 saturated carbocycles. The lowest BCUT2D eigenvalue weighted by molar-refractivity contribution is 0.0199. The van der Waals surface area contributed by atoms with Gasteiger partial charge in [0, 0.05) is 0 Å². The molecule has 0 atom stereocenters. The van der Waals surface area contributed by atoms with Crippen molar-refractivity contribution in [1.82, 2.24) is 5.32 Å². The molecule has 2 amide bonds. The molecule has 5 heteroatoms. The fraction of sp³-hybridized carbons (Fsp3) is 0.778. The van der Waals surface area contributed by atoms with Crippen molar-refractivity contribution in [2.75, 3.05) is 0 Å². The number of hydrogen-bond acceptors (Lipinski definition) is 3. The molecule has 0 aliphatic heterocycles. The van der Waals surface area contributed by atoms with Crippen molar-refractivity contribution in [2.45, 2.75) is 37.7 Å². The van der Waals surface area contributed by atoms with E-state index in [2.05, 4.69) is 0 Å². The number of carbonyl (C=O) groups is 2. The summed E-state index contributed by atoms with van der Waals surface area (Å²) in [6.45, 7) is 0. The van der Waals surface area contributed by atoms with Crippen LogP contribution in [0.25, 0.3) is 0 Å². The Morgan fingerprint density at radius 1 is 1.36 bits per heavy atom. The van der Waals surface area contributed by atoms with E-state index in [0.29, 0.717) is 5.92 Å². The normalized spacial score (nSPS) is 34.1. The standard InChI is InChI=1S/C9H13NO4/c11-7(12)10-8(13)14-9-3-1-6(5-9)2-4-9/h6H,1-5H2,(H,10,13)(H,11,12). The van der Waals surface area contributed by atoms with Crippen molar-refractivity contribution in [3.63, 3.8) is 0 Å². The number of amides is 2. The molecule has 0 aromatic carbocycles. The highest BCUT2D eigenvalue weighted by molar-refractivity contribution is 5.86. The van der Waals surface area contributed by atoms with Gasteiger partial charge in [0.2, 0.25) is 0 Å². The Balaban J connectivity index is 1.90. The molecular weight excluding hydrogens is 186 g/mol. The van der Waals surface area contributed by atoms with Gasteiger partial charge in [0.05, 0.1) is 0 Å². The number of hydrogen-bond donors (Lipinski definition) is 2. The van der Waals surface area contributed by atoms with Crippen molar-refractivity contribution in [3.8, 4) is 0 Å². The molecule has 0 spiro atoms. The first-order valence-electron chi connectivity index (χ1n) is 4.83. The SMILES string of the molecule is O=C(O)NC(=O)OC12CCC(CC1)C2. The number of carboxylic acid groups (broad SMARTS) is 1. The van der Waals surface area contributed by atoms with E-state index in [-0.39, 0.29) is 5.60 Å². The number of imide groups is 1. The van der Waals surface area contributed by atoms with Crippen LogP contribution >= 0.6 is 0 Å². The molecule has 2 fully saturated rings. The molecule has 0 aromatic heterocycles. The summed E-state index contributed by atoms with van der Waals surface area (Å²) in [6.07, 6.45) is 2.66. The largest absolute Gasteiger partial charge is 0.465 e. The molecule has 2 aliphatic rings. The maximum atomic E-state index is 11.1. The maximum absolute atomic E-state index is 11.1. The zero-order chi connectivity index (χ0) is 10.2. The third-order valence-electron chi connectivity index (χ3n) is 3.20. The van der Waals surface area contributed by atoms with Crippen molar-refractivity contribution < 1.29 is 19.4 Å². The Kier molecular flexibility index (Phi) is 2.09. The molecule has 0 heterocycles. The van der Waals surface area contributed by atoms with Crippen LogP contribution in [-0.4, -0.2) is 22.9 Å². The van der Waals surface area contributed by atoms with E-state index in [1.165, 1.54) is 0 Å². The third kappa shape index (κ3) is 1.66. The summed E-state index contributed by atoms with van der Waals surface area (Å²) in [5, 5.41) is 10.0. The second-order valence-corrected chi connectivity index (χ2v) is 4.15. The zero-order valence-electron chi connectivity index (χ0n) is 7.78. The summed E-state index contributed by atoms with van der Waals surface area (Å²) < 4.78 is 5.17. The second kappa shape index (κ2) is 3.15. The van der Waals surface area contributed by atoms with Crippen LogP contribution in [-0.2, 0) is 4.74 Å². The van der Waals surface area contributed by atoms with Crippen LogP contribution in [0.5, 0.6) is 0 Å². The number of ether oxygens (including phenoxy) is 1. The van der Waals surface area contributed by atoms with Gasteiger partial charge in [-0.3, -0.25) is 0 Å². The summed E-state index contributed by atoms with van der Waals surface area (Å²) in [5.41, 5.74) is -0.357. The Labute approximate surface area is 81.4 Å². The minimum atomic E-state index is -1.36. The molecule has 2 N–H and O–H groups in total. The molecule has 0 saturated heterocycles. The summed E-state index contributed by atoms with van der Waals surface area (Å²) in [4.78, 5) is 21.3. The van der Waals surface area contributed by atoms with E-state index in [1.54, 1.807) is 5.32 Å². The highest BCUT2D eigenvalue weighted by atomic mass is 16.6. The molecule has 14 heavy (non-hydrogen) atoms. The van der Waals surface area contributed by atoms with Gasteiger partial charge in [-0.25, -0.2) is 14.9 Å². The number of nitrogens with one attached hydrogen (secondary N) is 1. The lowest BCUT2D eigenvalue weighted by Crippen LogP contribution is -2.38. The molecular formula is C9H13NO4. The number of alkyl carbamates (subject to hydrolysis) is 1. The summed E-state index contributed by atoms with van der Waals surface area (Å²) in [6, 6.07) is 0. The van der Waals surface area contributed by atoms with Gasteiger partial charge in [0.25, 0.3) is 0 Å². The smallest absolute Gasteiger partial charge is 0.417 e. The Morgan fingerprint density at radius 2 is 2.00 bits per heavy atom. The first-order chi connectivity index (χ1) is 6.60. The van der Waals surface area contributed by atoms with E-state index in [0.717, 1.165) is 32.1 Å². The molecule has 0 unspecified atom stereocenters. The van der Waals surface area contributed by atoms with Gasteiger partial charge in [-0.2, -0.15) is 0 Å². The topological polar surface area (TPSA) is 75.6 Å². The van der Waals surface area contributed by atoms with Crippen LogP contribution in [0, 0.1) is 5.92 Å². The lowest BCUT2D eigenvalue weighted by Gasteiger charge is -2.25.